The minimum Gasteiger partial charge on any atom is -0.494 e. The van der Waals surface area contributed by atoms with Gasteiger partial charge in [-0.25, -0.2) is 13.9 Å². The summed E-state index contributed by atoms with van der Waals surface area (Å²) in [6, 6.07) is 8.76. The van der Waals surface area contributed by atoms with Crippen molar-refractivity contribution in [3.05, 3.63) is 70.8 Å². The summed E-state index contributed by atoms with van der Waals surface area (Å²) in [6.07, 6.45) is -4.68. The van der Waals surface area contributed by atoms with Gasteiger partial charge in [-0.2, -0.15) is 18.3 Å². The Morgan fingerprint density at radius 3 is 2.58 bits per heavy atom. The van der Waals surface area contributed by atoms with Gasteiger partial charge in [0.1, 0.15) is 11.6 Å². The molecule has 0 radical (unpaired) electrons. The van der Waals surface area contributed by atoms with E-state index in [-0.39, 0.29) is 23.5 Å². The number of alkyl halides is 3. The average Bonchev–Trinajstić information content (AvgIpc) is 3.17. The molecule has 3 aromatic rings. The van der Waals surface area contributed by atoms with Gasteiger partial charge in [-0.05, 0) is 49.7 Å². The summed E-state index contributed by atoms with van der Waals surface area (Å²) < 4.78 is 60.2. The lowest BCUT2D eigenvalue weighted by Gasteiger charge is -2.12. The summed E-state index contributed by atoms with van der Waals surface area (Å²) in [5, 5.41) is 17.5. The lowest BCUT2D eigenvalue weighted by atomic mass is 10.2. The molecule has 0 aliphatic carbocycles. The molecule has 0 atom stereocenters. The van der Waals surface area contributed by atoms with Crippen molar-refractivity contribution in [2.45, 2.75) is 33.2 Å². The van der Waals surface area contributed by atoms with Gasteiger partial charge in [0.15, 0.2) is 5.69 Å². The monoisotopic (exact) mass is 466 g/mol. The second-order valence-electron chi connectivity index (χ2n) is 7.14. The van der Waals surface area contributed by atoms with Crippen LogP contribution in [0.4, 0.5) is 28.0 Å². The first-order valence-corrected chi connectivity index (χ1v) is 9.96. The Morgan fingerprint density at radius 2 is 1.94 bits per heavy atom. The van der Waals surface area contributed by atoms with Crippen molar-refractivity contribution < 1.29 is 32.2 Å². The van der Waals surface area contributed by atoms with E-state index in [0.717, 1.165) is 22.4 Å². The lowest BCUT2D eigenvalue weighted by Crippen LogP contribution is -2.29. The number of halogens is 4. The lowest BCUT2D eigenvalue weighted by molar-refractivity contribution is -0.141. The standard InChI is InChI=1S/C22H22F4N4O3/c1-3-33-18-7-13(2)6-16(9-18)30-17(10-20(29-30)22(24,25)26)11-27-21(32)28-15-5-4-14(12-31)19(23)8-15/h4-10,31H,3,11-12H2,1-2H3,(H2,27,28,32). The summed E-state index contributed by atoms with van der Waals surface area (Å²) in [4.78, 5) is 12.2. The predicted molar refractivity (Wildman–Crippen MR) is 113 cm³/mol. The molecule has 0 aliphatic heterocycles. The van der Waals surface area contributed by atoms with Crippen molar-refractivity contribution in [3.63, 3.8) is 0 Å². The molecule has 0 bridgehead atoms. The number of aryl methyl sites for hydroxylation is 1. The van der Waals surface area contributed by atoms with Crippen molar-refractivity contribution in [1.82, 2.24) is 15.1 Å². The molecule has 0 spiro atoms. The summed E-state index contributed by atoms with van der Waals surface area (Å²) >= 11 is 0. The minimum absolute atomic E-state index is 0.0640. The van der Waals surface area contributed by atoms with E-state index in [1.165, 1.54) is 12.1 Å². The van der Waals surface area contributed by atoms with Crippen LogP contribution >= 0.6 is 0 Å². The second kappa shape index (κ2) is 9.90. The van der Waals surface area contributed by atoms with Gasteiger partial charge in [0.05, 0.1) is 31.1 Å². The van der Waals surface area contributed by atoms with E-state index < -0.39 is 30.3 Å². The number of hydrogen-bond acceptors (Lipinski definition) is 4. The number of aromatic nitrogens is 2. The number of carbonyl (C=O) groups excluding carboxylic acids is 1. The quantitative estimate of drug-likeness (QED) is 0.446. The van der Waals surface area contributed by atoms with Crippen LogP contribution in [0, 0.1) is 12.7 Å². The van der Waals surface area contributed by atoms with Gasteiger partial charge in [-0.1, -0.05) is 6.07 Å². The SMILES string of the molecule is CCOc1cc(C)cc(-n2nc(C(F)(F)F)cc2CNC(=O)Nc2ccc(CO)c(F)c2)c1. The summed E-state index contributed by atoms with van der Waals surface area (Å²) in [7, 11) is 0. The maximum absolute atomic E-state index is 13.8. The topological polar surface area (TPSA) is 88.4 Å². The Bertz CT molecular complexity index is 1150. The zero-order chi connectivity index (χ0) is 24.2. The third-order valence-electron chi connectivity index (χ3n) is 4.58. The normalized spacial score (nSPS) is 11.4. The van der Waals surface area contributed by atoms with E-state index in [4.69, 9.17) is 9.84 Å². The number of benzene rings is 2. The van der Waals surface area contributed by atoms with Crippen molar-refractivity contribution >= 4 is 11.7 Å². The Morgan fingerprint density at radius 1 is 1.18 bits per heavy atom. The highest BCUT2D eigenvalue weighted by Gasteiger charge is 2.35. The Hall–Kier alpha value is -3.60. The Balaban J connectivity index is 1.83. The van der Waals surface area contributed by atoms with Gasteiger partial charge >= 0.3 is 12.2 Å². The molecular weight excluding hydrogens is 444 g/mol. The van der Waals surface area contributed by atoms with E-state index in [1.54, 1.807) is 32.0 Å². The van der Waals surface area contributed by atoms with Crippen molar-refractivity contribution in [2.24, 2.45) is 0 Å². The molecule has 7 nitrogen and oxygen atoms in total. The highest BCUT2D eigenvalue weighted by atomic mass is 19.4. The molecule has 176 valence electrons. The molecule has 0 saturated carbocycles. The minimum atomic E-state index is -4.68. The molecule has 2 amide bonds. The van der Waals surface area contributed by atoms with Gasteiger partial charge in [-0.3, -0.25) is 0 Å². The maximum atomic E-state index is 13.8. The zero-order valence-electron chi connectivity index (χ0n) is 17.8. The number of nitrogens with zero attached hydrogens (tertiary/aromatic N) is 2. The summed E-state index contributed by atoms with van der Waals surface area (Å²) in [6.45, 7) is 3.16. The maximum Gasteiger partial charge on any atom is 0.435 e. The molecule has 0 unspecified atom stereocenters. The van der Waals surface area contributed by atoms with Crippen molar-refractivity contribution in [3.8, 4) is 11.4 Å². The third kappa shape index (κ3) is 6.01. The molecule has 1 heterocycles. The number of anilines is 1. The highest BCUT2D eigenvalue weighted by Crippen LogP contribution is 2.30. The number of urea groups is 1. The fourth-order valence-corrected chi connectivity index (χ4v) is 3.11. The van der Waals surface area contributed by atoms with Crippen LogP contribution in [0.1, 0.15) is 29.4 Å². The number of aliphatic hydroxyl groups is 1. The molecule has 0 saturated heterocycles. The van der Waals surface area contributed by atoms with E-state index >= 15 is 0 Å². The Kier molecular flexibility index (Phi) is 7.22. The molecule has 3 rings (SSSR count). The van der Waals surface area contributed by atoms with Crippen LogP contribution < -0.4 is 15.4 Å². The molecule has 0 aliphatic rings. The van der Waals surface area contributed by atoms with E-state index in [1.807, 2.05) is 0 Å². The van der Waals surface area contributed by atoms with Crippen LogP contribution in [0.3, 0.4) is 0 Å². The van der Waals surface area contributed by atoms with E-state index in [0.29, 0.717) is 18.0 Å². The van der Waals surface area contributed by atoms with Crippen molar-refractivity contribution in [1.29, 1.82) is 0 Å². The van der Waals surface area contributed by atoms with Crippen LogP contribution in [0.2, 0.25) is 0 Å². The van der Waals surface area contributed by atoms with Gasteiger partial charge in [0.2, 0.25) is 0 Å². The first kappa shape index (κ1) is 24.1. The highest BCUT2D eigenvalue weighted by molar-refractivity contribution is 5.89. The molecule has 2 aromatic carbocycles. The Labute approximate surface area is 187 Å². The summed E-state index contributed by atoms with van der Waals surface area (Å²) in [5.41, 5.74) is 0.242. The van der Waals surface area contributed by atoms with Crippen LogP contribution in [0.5, 0.6) is 5.75 Å². The van der Waals surface area contributed by atoms with Crippen LogP contribution in [-0.4, -0.2) is 27.5 Å². The number of ether oxygens (including phenoxy) is 1. The fraction of sp³-hybridized carbons (Fsp3) is 0.273. The average molecular weight is 466 g/mol. The fourth-order valence-electron chi connectivity index (χ4n) is 3.11. The molecular formula is C22H22F4N4O3. The first-order valence-electron chi connectivity index (χ1n) is 9.96. The predicted octanol–water partition coefficient (Wildman–Crippen LogP) is 4.55. The first-order chi connectivity index (χ1) is 15.6. The molecule has 11 heteroatoms. The van der Waals surface area contributed by atoms with Gasteiger partial charge in [-0.15, -0.1) is 0 Å². The molecule has 3 N–H and O–H groups in total. The largest absolute Gasteiger partial charge is 0.494 e. The van der Waals surface area contributed by atoms with E-state index in [2.05, 4.69) is 15.7 Å². The summed E-state index contributed by atoms with van der Waals surface area (Å²) in [5.74, 6) is -0.227. The number of rotatable bonds is 7. The second-order valence-corrected chi connectivity index (χ2v) is 7.14. The number of aliphatic hydroxyl groups excluding tert-OH is 1. The number of carbonyl (C=O) groups is 1. The van der Waals surface area contributed by atoms with Gasteiger partial charge < -0.3 is 20.5 Å². The van der Waals surface area contributed by atoms with Crippen molar-refractivity contribution in [2.75, 3.05) is 11.9 Å². The van der Waals surface area contributed by atoms with Gasteiger partial charge in [0.25, 0.3) is 0 Å². The van der Waals surface area contributed by atoms with E-state index in [9.17, 15) is 22.4 Å². The zero-order valence-corrected chi connectivity index (χ0v) is 17.8. The number of hydrogen-bond donors (Lipinski definition) is 3. The molecule has 33 heavy (non-hydrogen) atoms. The van der Waals surface area contributed by atoms with Crippen LogP contribution in [-0.2, 0) is 19.3 Å². The smallest absolute Gasteiger partial charge is 0.435 e. The third-order valence-corrected chi connectivity index (χ3v) is 4.58. The van der Waals surface area contributed by atoms with Crippen LogP contribution in [0.25, 0.3) is 5.69 Å². The molecule has 1 aromatic heterocycles. The number of amides is 2. The number of nitrogens with one attached hydrogen (secondary N) is 2. The molecule has 0 fully saturated rings. The van der Waals surface area contributed by atoms with Crippen LogP contribution in [0.15, 0.2) is 42.5 Å². The van der Waals surface area contributed by atoms with Gasteiger partial charge in [0, 0.05) is 17.3 Å².